The Morgan fingerprint density at radius 3 is 3.00 bits per heavy atom. The van der Waals surface area contributed by atoms with Crippen molar-refractivity contribution in [2.45, 2.75) is 9.37 Å². The summed E-state index contributed by atoms with van der Waals surface area (Å²) in [5, 5.41) is 11.3. The second-order valence-electron chi connectivity index (χ2n) is 2.73. The van der Waals surface area contributed by atoms with Gasteiger partial charge in [-0.2, -0.15) is 0 Å². The van der Waals surface area contributed by atoms with Crippen molar-refractivity contribution in [3.8, 4) is 0 Å². The van der Waals surface area contributed by atoms with Crippen LogP contribution in [-0.2, 0) is 0 Å². The second-order valence-corrected chi connectivity index (χ2v) is 5.66. The summed E-state index contributed by atoms with van der Waals surface area (Å²) >= 11 is 6.07. The van der Waals surface area contributed by atoms with Crippen molar-refractivity contribution in [1.29, 1.82) is 0 Å². The molecule has 2 aromatic heterocycles. The Balaban J connectivity index is 2.21. The van der Waals surface area contributed by atoms with Gasteiger partial charge in [-0.25, -0.2) is 14.8 Å². The maximum atomic E-state index is 10.8. The number of carboxylic acids is 1. The van der Waals surface area contributed by atoms with Gasteiger partial charge < -0.3 is 5.11 Å². The average molecular weight is 317 g/mol. The highest BCUT2D eigenvalue weighted by Crippen LogP contribution is 2.30. The molecule has 4 nitrogen and oxygen atoms in total. The van der Waals surface area contributed by atoms with Crippen LogP contribution < -0.4 is 0 Å². The van der Waals surface area contributed by atoms with Crippen LogP contribution in [0.1, 0.15) is 10.4 Å². The fourth-order valence-corrected chi connectivity index (χ4v) is 3.28. The summed E-state index contributed by atoms with van der Waals surface area (Å²) in [5.74, 6) is -0.954. The molecule has 0 saturated heterocycles. The van der Waals surface area contributed by atoms with Crippen LogP contribution in [0.3, 0.4) is 0 Å². The maximum Gasteiger partial charge on any atom is 0.335 e. The number of aromatic nitrogens is 2. The van der Waals surface area contributed by atoms with Gasteiger partial charge in [-0.3, -0.25) is 0 Å². The summed E-state index contributed by atoms with van der Waals surface area (Å²) in [5.41, 5.74) is 0.230. The van der Waals surface area contributed by atoms with E-state index in [9.17, 15) is 4.79 Å². The molecule has 2 heterocycles. The molecule has 0 amide bonds. The summed E-state index contributed by atoms with van der Waals surface area (Å²) in [6.07, 6.45) is 1.48. The fourth-order valence-electron chi connectivity index (χ4n) is 0.974. The van der Waals surface area contributed by atoms with E-state index in [4.69, 9.17) is 5.11 Å². The lowest BCUT2D eigenvalue weighted by Crippen LogP contribution is -1.96. The molecule has 0 aliphatic heterocycles. The molecular formula is C9H5BrN2O2S2. The molecule has 0 atom stereocenters. The van der Waals surface area contributed by atoms with Crippen LogP contribution in [0, 0.1) is 0 Å². The topological polar surface area (TPSA) is 63.1 Å². The van der Waals surface area contributed by atoms with Gasteiger partial charge in [-0.15, -0.1) is 11.3 Å². The monoisotopic (exact) mass is 316 g/mol. The Kier molecular flexibility index (Phi) is 3.57. The SMILES string of the molecule is O=C(O)c1ccnc(Sc2nc(Br)cs2)c1. The van der Waals surface area contributed by atoms with Gasteiger partial charge in [-0.05, 0) is 39.8 Å². The van der Waals surface area contributed by atoms with Crippen molar-refractivity contribution in [1.82, 2.24) is 9.97 Å². The third kappa shape index (κ3) is 2.81. The van der Waals surface area contributed by atoms with Crippen LogP contribution in [0.25, 0.3) is 0 Å². The van der Waals surface area contributed by atoms with Crippen molar-refractivity contribution in [2.75, 3.05) is 0 Å². The number of rotatable bonds is 3. The van der Waals surface area contributed by atoms with Gasteiger partial charge in [0.1, 0.15) is 9.63 Å². The number of hydrogen-bond donors (Lipinski definition) is 1. The molecule has 82 valence electrons. The van der Waals surface area contributed by atoms with E-state index in [2.05, 4.69) is 25.9 Å². The van der Waals surface area contributed by atoms with Gasteiger partial charge in [0.05, 0.1) is 5.56 Å². The molecule has 0 bridgehead atoms. The predicted molar refractivity (Wildman–Crippen MR) is 65.1 cm³/mol. The van der Waals surface area contributed by atoms with Crippen LogP contribution in [0.2, 0.25) is 0 Å². The highest BCUT2D eigenvalue weighted by atomic mass is 79.9. The molecular weight excluding hydrogens is 312 g/mol. The van der Waals surface area contributed by atoms with E-state index in [1.807, 2.05) is 5.38 Å². The highest BCUT2D eigenvalue weighted by molar-refractivity contribution is 9.10. The van der Waals surface area contributed by atoms with Gasteiger partial charge in [0.2, 0.25) is 0 Å². The van der Waals surface area contributed by atoms with Crippen LogP contribution in [0.5, 0.6) is 0 Å². The quantitative estimate of drug-likeness (QED) is 0.942. The zero-order valence-electron chi connectivity index (χ0n) is 7.75. The molecule has 0 aliphatic carbocycles. The lowest BCUT2D eigenvalue weighted by Gasteiger charge is -1.98. The van der Waals surface area contributed by atoms with E-state index >= 15 is 0 Å². The van der Waals surface area contributed by atoms with E-state index in [0.29, 0.717) is 5.03 Å². The molecule has 0 aromatic carbocycles. The molecule has 0 fully saturated rings. The maximum absolute atomic E-state index is 10.8. The van der Waals surface area contributed by atoms with Gasteiger partial charge in [-0.1, -0.05) is 0 Å². The van der Waals surface area contributed by atoms with Crippen LogP contribution >= 0.6 is 39.0 Å². The lowest BCUT2D eigenvalue weighted by molar-refractivity contribution is 0.0696. The largest absolute Gasteiger partial charge is 0.478 e. The Hall–Kier alpha value is -0.920. The lowest BCUT2D eigenvalue weighted by atomic mass is 10.3. The minimum Gasteiger partial charge on any atom is -0.478 e. The summed E-state index contributed by atoms with van der Waals surface area (Å²) in [7, 11) is 0. The van der Waals surface area contributed by atoms with E-state index in [1.54, 1.807) is 0 Å². The number of pyridine rings is 1. The summed E-state index contributed by atoms with van der Waals surface area (Å²) in [6, 6.07) is 2.99. The zero-order valence-corrected chi connectivity index (χ0v) is 11.0. The first-order valence-electron chi connectivity index (χ1n) is 4.13. The van der Waals surface area contributed by atoms with Crippen LogP contribution in [0.15, 0.2) is 37.7 Å². The molecule has 0 unspecified atom stereocenters. The molecule has 7 heteroatoms. The normalized spacial score (nSPS) is 10.3. The summed E-state index contributed by atoms with van der Waals surface area (Å²) in [4.78, 5) is 19.0. The molecule has 16 heavy (non-hydrogen) atoms. The Morgan fingerprint density at radius 1 is 1.56 bits per heavy atom. The van der Waals surface area contributed by atoms with Crippen molar-refractivity contribution >= 4 is 45.0 Å². The number of carboxylic acid groups (broad SMARTS) is 1. The first-order chi connectivity index (χ1) is 7.65. The number of thiazole rings is 1. The molecule has 1 N–H and O–H groups in total. The Labute approximate surface area is 108 Å². The number of halogens is 1. The number of hydrogen-bond acceptors (Lipinski definition) is 5. The summed E-state index contributed by atoms with van der Waals surface area (Å²) in [6.45, 7) is 0. The minimum absolute atomic E-state index is 0.230. The van der Waals surface area contributed by atoms with Gasteiger partial charge in [0.25, 0.3) is 0 Å². The first-order valence-corrected chi connectivity index (χ1v) is 6.62. The Bertz CT molecular complexity index is 530. The third-order valence-corrected chi connectivity index (χ3v) is 4.21. The molecule has 0 saturated carbocycles. The van der Waals surface area contributed by atoms with Crippen molar-refractivity contribution in [3.05, 3.63) is 33.9 Å². The van der Waals surface area contributed by atoms with E-state index in [1.165, 1.54) is 41.4 Å². The van der Waals surface area contributed by atoms with Crippen LogP contribution in [0.4, 0.5) is 0 Å². The smallest absolute Gasteiger partial charge is 0.335 e. The zero-order chi connectivity index (χ0) is 11.5. The van der Waals surface area contributed by atoms with Gasteiger partial charge >= 0.3 is 5.97 Å². The number of aromatic carboxylic acids is 1. The van der Waals surface area contributed by atoms with E-state index < -0.39 is 5.97 Å². The average Bonchev–Trinajstić information content (AvgIpc) is 2.64. The number of carbonyl (C=O) groups is 1. The Morgan fingerprint density at radius 2 is 2.38 bits per heavy atom. The highest BCUT2D eigenvalue weighted by Gasteiger charge is 2.07. The van der Waals surface area contributed by atoms with E-state index in [-0.39, 0.29) is 5.56 Å². The van der Waals surface area contributed by atoms with E-state index in [0.717, 1.165) is 8.94 Å². The van der Waals surface area contributed by atoms with Gasteiger partial charge in [0.15, 0.2) is 4.34 Å². The summed E-state index contributed by atoms with van der Waals surface area (Å²) < 4.78 is 1.59. The molecule has 0 spiro atoms. The molecule has 2 rings (SSSR count). The fraction of sp³-hybridized carbons (Fsp3) is 0. The van der Waals surface area contributed by atoms with Crippen molar-refractivity contribution < 1.29 is 9.90 Å². The molecule has 2 aromatic rings. The van der Waals surface area contributed by atoms with Crippen molar-refractivity contribution in [3.63, 3.8) is 0 Å². The number of nitrogens with zero attached hydrogens (tertiary/aromatic N) is 2. The second kappa shape index (κ2) is 4.94. The minimum atomic E-state index is -0.954. The predicted octanol–water partition coefficient (Wildman–Crippen LogP) is 3.15. The van der Waals surface area contributed by atoms with Crippen molar-refractivity contribution in [2.24, 2.45) is 0 Å². The first kappa shape index (κ1) is 11.6. The molecule has 0 radical (unpaired) electrons. The standard InChI is InChI=1S/C9H5BrN2O2S2/c10-6-4-15-9(12-6)16-7-3-5(8(13)14)1-2-11-7/h1-4H,(H,13,14). The van der Waals surface area contributed by atoms with Gasteiger partial charge in [0, 0.05) is 11.6 Å². The molecule has 0 aliphatic rings. The third-order valence-electron chi connectivity index (χ3n) is 1.63. The van der Waals surface area contributed by atoms with Crippen LogP contribution in [-0.4, -0.2) is 21.0 Å².